The topological polar surface area (TPSA) is 90.6 Å². The van der Waals surface area contributed by atoms with Crippen molar-refractivity contribution in [1.29, 1.82) is 0 Å². The zero-order chi connectivity index (χ0) is 16.5. The minimum atomic E-state index is -0.272. The number of nitrogens with zero attached hydrogens (tertiary/aromatic N) is 1. The molecule has 0 saturated heterocycles. The third-order valence-electron chi connectivity index (χ3n) is 3.52. The maximum absolute atomic E-state index is 12.4. The highest BCUT2D eigenvalue weighted by molar-refractivity contribution is 7.17. The molecular formula is C17H12N4O2S. The second-order valence-electron chi connectivity index (χ2n) is 5.17. The van der Waals surface area contributed by atoms with Crippen LogP contribution in [0.2, 0.25) is 0 Å². The summed E-state index contributed by atoms with van der Waals surface area (Å²) >= 11 is 1.38. The molecule has 3 aromatic heterocycles. The van der Waals surface area contributed by atoms with Crippen molar-refractivity contribution in [2.75, 3.05) is 5.32 Å². The van der Waals surface area contributed by atoms with Crippen molar-refractivity contribution >= 4 is 34.0 Å². The molecule has 7 heteroatoms. The fraction of sp³-hybridized carbons (Fsp3) is 0. The molecule has 4 aromatic rings. The summed E-state index contributed by atoms with van der Waals surface area (Å²) in [7, 11) is 0. The number of fused-ring (bicyclic) bond motifs is 1. The van der Waals surface area contributed by atoms with E-state index < -0.39 is 0 Å². The Hall–Kier alpha value is -3.19. The van der Waals surface area contributed by atoms with Crippen LogP contribution in [-0.4, -0.2) is 20.9 Å². The normalized spacial score (nSPS) is 10.8. The molecule has 118 valence electrons. The summed E-state index contributed by atoms with van der Waals surface area (Å²) in [5.74, 6) is -0.195. The monoisotopic (exact) mass is 336 g/mol. The molecule has 4 rings (SSSR count). The molecule has 0 atom stereocenters. The van der Waals surface area contributed by atoms with Crippen LogP contribution in [0.4, 0.5) is 5.69 Å². The van der Waals surface area contributed by atoms with Gasteiger partial charge in [-0.3, -0.25) is 9.78 Å². The van der Waals surface area contributed by atoms with Gasteiger partial charge in [-0.05, 0) is 42.5 Å². The van der Waals surface area contributed by atoms with Gasteiger partial charge >= 0.3 is 5.69 Å². The number of imidazole rings is 1. The summed E-state index contributed by atoms with van der Waals surface area (Å²) in [6, 6.07) is 14.5. The van der Waals surface area contributed by atoms with Crippen LogP contribution in [0.1, 0.15) is 9.67 Å². The van der Waals surface area contributed by atoms with E-state index in [0.29, 0.717) is 21.6 Å². The number of aromatic nitrogens is 3. The number of carbonyl (C=O) groups excluding carboxylic acids is 1. The Balaban J connectivity index is 1.57. The minimum absolute atomic E-state index is 0.195. The first-order valence-corrected chi connectivity index (χ1v) is 8.05. The van der Waals surface area contributed by atoms with Gasteiger partial charge < -0.3 is 15.3 Å². The fourth-order valence-corrected chi connectivity index (χ4v) is 3.29. The summed E-state index contributed by atoms with van der Waals surface area (Å²) in [4.78, 5) is 34.8. The van der Waals surface area contributed by atoms with Crippen LogP contribution in [-0.2, 0) is 0 Å². The highest BCUT2D eigenvalue weighted by Gasteiger charge is 2.11. The number of rotatable bonds is 3. The third kappa shape index (κ3) is 2.72. The van der Waals surface area contributed by atoms with E-state index in [1.807, 2.05) is 24.3 Å². The first kappa shape index (κ1) is 14.4. The third-order valence-corrected chi connectivity index (χ3v) is 4.63. The van der Waals surface area contributed by atoms with E-state index in [0.717, 1.165) is 10.6 Å². The predicted octanol–water partition coefficient (Wildman–Crippen LogP) is 3.23. The molecule has 0 aliphatic carbocycles. The van der Waals surface area contributed by atoms with Crippen LogP contribution in [0.15, 0.2) is 59.5 Å². The summed E-state index contributed by atoms with van der Waals surface area (Å²) in [5.41, 5.74) is 2.54. The Labute approximate surface area is 140 Å². The number of anilines is 1. The first-order valence-electron chi connectivity index (χ1n) is 7.24. The van der Waals surface area contributed by atoms with E-state index in [2.05, 4.69) is 20.3 Å². The number of H-pyrrole nitrogens is 2. The molecule has 0 aliphatic heterocycles. The van der Waals surface area contributed by atoms with Gasteiger partial charge in [-0.25, -0.2) is 4.79 Å². The molecule has 0 unspecified atom stereocenters. The van der Waals surface area contributed by atoms with Crippen LogP contribution in [0.3, 0.4) is 0 Å². The molecule has 0 aliphatic rings. The lowest BCUT2D eigenvalue weighted by Gasteiger charge is -2.03. The fourth-order valence-electron chi connectivity index (χ4n) is 2.41. The number of benzene rings is 1. The van der Waals surface area contributed by atoms with Crippen molar-refractivity contribution in [2.45, 2.75) is 0 Å². The molecule has 1 amide bonds. The molecule has 1 aromatic carbocycles. The lowest BCUT2D eigenvalue weighted by atomic mass is 10.2. The minimum Gasteiger partial charge on any atom is -0.321 e. The van der Waals surface area contributed by atoms with E-state index in [1.54, 1.807) is 30.5 Å². The van der Waals surface area contributed by atoms with Crippen LogP contribution in [0.25, 0.3) is 21.6 Å². The lowest BCUT2D eigenvalue weighted by molar-refractivity contribution is 0.103. The standard InChI is InChI=1S/C17H12N4O2S/c22-16(15-7-6-14(24-15)12-3-1-2-8-18-12)19-10-4-5-11-13(9-10)21-17(23)20-11/h1-9H,(H,19,22)(H2,20,21,23). The van der Waals surface area contributed by atoms with Crippen molar-refractivity contribution in [1.82, 2.24) is 15.0 Å². The van der Waals surface area contributed by atoms with Crippen LogP contribution in [0, 0.1) is 0 Å². The van der Waals surface area contributed by atoms with E-state index >= 15 is 0 Å². The Morgan fingerprint density at radius 2 is 1.92 bits per heavy atom. The molecule has 3 heterocycles. The molecular weight excluding hydrogens is 324 g/mol. The Morgan fingerprint density at radius 1 is 1.04 bits per heavy atom. The van der Waals surface area contributed by atoms with E-state index in [4.69, 9.17) is 0 Å². The quantitative estimate of drug-likeness (QED) is 0.536. The van der Waals surface area contributed by atoms with Gasteiger partial charge in [-0.1, -0.05) is 6.07 Å². The SMILES string of the molecule is O=C(Nc1ccc2[nH]c(=O)[nH]c2c1)c1ccc(-c2ccccn2)s1. The maximum atomic E-state index is 12.4. The van der Waals surface area contributed by atoms with Crippen LogP contribution < -0.4 is 11.0 Å². The summed E-state index contributed by atoms with van der Waals surface area (Å²) in [6.45, 7) is 0. The van der Waals surface area contributed by atoms with Crippen molar-refractivity contribution < 1.29 is 4.79 Å². The van der Waals surface area contributed by atoms with Crippen molar-refractivity contribution in [3.63, 3.8) is 0 Å². The molecule has 24 heavy (non-hydrogen) atoms. The lowest BCUT2D eigenvalue weighted by Crippen LogP contribution is -2.09. The number of aromatic amines is 2. The number of amides is 1. The molecule has 0 saturated carbocycles. The van der Waals surface area contributed by atoms with Gasteiger partial charge in [-0.2, -0.15) is 0 Å². The highest BCUT2D eigenvalue weighted by Crippen LogP contribution is 2.27. The van der Waals surface area contributed by atoms with E-state index in [-0.39, 0.29) is 11.6 Å². The Bertz CT molecular complexity index is 1080. The van der Waals surface area contributed by atoms with Crippen LogP contribution in [0.5, 0.6) is 0 Å². The summed E-state index contributed by atoms with van der Waals surface area (Å²) < 4.78 is 0. The highest BCUT2D eigenvalue weighted by atomic mass is 32.1. The molecule has 0 spiro atoms. The van der Waals surface area contributed by atoms with Gasteiger partial charge in [0.15, 0.2) is 0 Å². The summed E-state index contributed by atoms with van der Waals surface area (Å²) in [5, 5.41) is 2.84. The molecule has 0 bridgehead atoms. The van der Waals surface area contributed by atoms with E-state index in [1.165, 1.54) is 11.3 Å². The largest absolute Gasteiger partial charge is 0.323 e. The molecule has 3 N–H and O–H groups in total. The Morgan fingerprint density at radius 3 is 2.75 bits per heavy atom. The number of thiophene rings is 1. The maximum Gasteiger partial charge on any atom is 0.323 e. The molecule has 0 radical (unpaired) electrons. The van der Waals surface area contributed by atoms with Gasteiger partial charge in [0.1, 0.15) is 0 Å². The van der Waals surface area contributed by atoms with Crippen molar-refractivity contribution in [2.24, 2.45) is 0 Å². The first-order chi connectivity index (χ1) is 11.7. The number of hydrogen-bond acceptors (Lipinski definition) is 4. The zero-order valence-electron chi connectivity index (χ0n) is 12.4. The van der Waals surface area contributed by atoms with E-state index in [9.17, 15) is 9.59 Å². The molecule has 0 fully saturated rings. The number of carbonyl (C=O) groups is 1. The van der Waals surface area contributed by atoms with Gasteiger partial charge in [0.25, 0.3) is 5.91 Å². The second kappa shape index (κ2) is 5.78. The van der Waals surface area contributed by atoms with Gasteiger partial charge in [0.05, 0.1) is 26.5 Å². The van der Waals surface area contributed by atoms with Crippen molar-refractivity contribution in [3.05, 3.63) is 70.1 Å². The second-order valence-corrected chi connectivity index (χ2v) is 6.26. The van der Waals surface area contributed by atoms with Gasteiger partial charge in [-0.15, -0.1) is 11.3 Å². The van der Waals surface area contributed by atoms with Gasteiger partial charge in [0.2, 0.25) is 0 Å². The average Bonchev–Trinajstić information content (AvgIpc) is 3.21. The summed E-state index contributed by atoms with van der Waals surface area (Å²) in [6.07, 6.45) is 1.72. The van der Waals surface area contributed by atoms with Crippen molar-refractivity contribution in [3.8, 4) is 10.6 Å². The number of hydrogen-bond donors (Lipinski definition) is 3. The predicted molar refractivity (Wildman–Crippen MR) is 94.4 cm³/mol. The zero-order valence-corrected chi connectivity index (χ0v) is 13.2. The Kier molecular flexibility index (Phi) is 3.47. The molecule has 6 nitrogen and oxygen atoms in total. The van der Waals surface area contributed by atoms with Crippen LogP contribution >= 0.6 is 11.3 Å². The number of nitrogens with one attached hydrogen (secondary N) is 3. The van der Waals surface area contributed by atoms with Gasteiger partial charge in [0, 0.05) is 11.9 Å². The number of pyridine rings is 1. The smallest absolute Gasteiger partial charge is 0.321 e. The average molecular weight is 336 g/mol.